The number of carbonyl (C=O) groups is 1. The SMILES string of the molecule is COC(=O)Cc1csc(N/N=C\c2c(Cl)cccc2Cl)n1. The van der Waals surface area contributed by atoms with E-state index in [0.29, 0.717) is 26.4 Å². The predicted octanol–water partition coefficient (Wildman–Crippen LogP) is 3.61. The van der Waals surface area contributed by atoms with E-state index in [1.807, 2.05) is 0 Å². The van der Waals surface area contributed by atoms with Crippen LogP contribution in [0.3, 0.4) is 0 Å². The summed E-state index contributed by atoms with van der Waals surface area (Å²) in [6.07, 6.45) is 1.65. The highest BCUT2D eigenvalue weighted by Crippen LogP contribution is 2.22. The average Bonchev–Trinajstić information content (AvgIpc) is 2.89. The molecular weight excluding hydrogens is 333 g/mol. The number of hydrogen-bond donors (Lipinski definition) is 1. The van der Waals surface area contributed by atoms with Crippen molar-refractivity contribution < 1.29 is 9.53 Å². The van der Waals surface area contributed by atoms with Crippen molar-refractivity contribution in [1.82, 2.24) is 4.98 Å². The Labute approximate surface area is 135 Å². The van der Waals surface area contributed by atoms with Crippen molar-refractivity contribution in [2.45, 2.75) is 6.42 Å². The molecule has 0 aliphatic heterocycles. The summed E-state index contributed by atoms with van der Waals surface area (Å²) in [6, 6.07) is 5.22. The van der Waals surface area contributed by atoms with Gasteiger partial charge in [-0.1, -0.05) is 29.3 Å². The fourth-order valence-corrected chi connectivity index (χ4v) is 2.60. The highest BCUT2D eigenvalue weighted by Gasteiger charge is 2.07. The van der Waals surface area contributed by atoms with Gasteiger partial charge >= 0.3 is 5.97 Å². The Hall–Kier alpha value is -1.63. The van der Waals surface area contributed by atoms with Crippen molar-refractivity contribution >= 4 is 51.9 Å². The van der Waals surface area contributed by atoms with Gasteiger partial charge in [0.15, 0.2) is 0 Å². The molecule has 0 aliphatic carbocycles. The standard InChI is InChI=1S/C13H11Cl2N3O2S/c1-20-12(19)5-8-7-21-13(17-8)18-16-6-9-10(14)3-2-4-11(9)15/h2-4,6-7H,5H2,1H3,(H,17,18)/b16-6-. The molecule has 1 aromatic heterocycles. The molecule has 5 nitrogen and oxygen atoms in total. The van der Waals surface area contributed by atoms with Crippen LogP contribution in [-0.2, 0) is 16.0 Å². The van der Waals surface area contributed by atoms with Gasteiger partial charge in [0.1, 0.15) is 0 Å². The molecule has 0 spiro atoms. The number of nitrogens with zero attached hydrogens (tertiary/aromatic N) is 2. The van der Waals surface area contributed by atoms with Gasteiger partial charge in [0.25, 0.3) is 0 Å². The number of anilines is 1. The van der Waals surface area contributed by atoms with Crippen LogP contribution in [0.15, 0.2) is 28.7 Å². The van der Waals surface area contributed by atoms with E-state index in [9.17, 15) is 4.79 Å². The Morgan fingerprint density at radius 3 is 2.86 bits per heavy atom. The van der Waals surface area contributed by atoms with Crippen LogP contribution in [0.25, 0.3) is 0 Å². The number of rotatable bonds is 5. The lowest BCUT2D eigenvalue weighted by atomic mass is 10.2. The van der Waals surface area contributed by atoms with Crippen LogP contribution in [0.1, 0.15) is 11.3 Å². The number of nitrogens with one attached hydrogen (secondary N) is 1. The maximum Gasteiger partial charge on any atom is 0.311 e. The summed E-state index contributed by atoms with van der Waals surface area (Å²) in [5.41, 5.74) is 4.02. The fraction of sp³-hybridized carbons (Fsp3) is 0.154. The Morgan fingerprint density at radius 2 is 2.19 bits per heavy atom. The monoisotopic (exact) mass is 343 g/mol. The number of esters is 1. The summed E-state index contributed by atoms with van der Waals surface area (Å²) >= 11 is 13.4. The third-order valence-electron chi connectivity index (χ3n) is 2.46. The second kappa shape index (κ2) is 7.40. The molecule has 1 aromatic carbocycles. The van der Waals surface area contributed by atoms with Gasteiger partial charge in [-0.25, -0.2) is 4.98 Å². The largest absolute Gasteiger partial charge is 0.469 e. The average molecular weight is 344 g/mol. The first kappa shape index (κ1) is 15.8. The van der Waals surface area contributed by atoms with E-state index >= 15 is 0 Å². The molecule has 0 atom stereocenters. The van der Waals surface area contributed by atoms with Crippen molar-refractivity contribution in [3.8, 4) is 0 Å². The zero-order valence-corrected chi connectivity index (χ0v) is 13.3. The molecule has 0 radical (unpaired) electrons. The summed E-state index contributed by atoms with van der Waals surface area (Å²) in [5, 5.41) is 7.38. The minimum Gasteiger partial charge on any atom is -0.469 e. The minimum atomic E-state index is -0.335. The van der Waals surface area contributed by atoms with E-state index in [-0.39, 0.29) is 12.4 Å². The van der Waals surface area contributed by atoms with Gasteiger partial charge in [-0.05, 0) is 12.1 Å². The van der Waals surface area contributed by atoms with Crippen LogP contribution in [0, 0.1) is 0 Å². The molecule has 0 saturated heterocycles. The number of methoxy groups -OCH3 is 1. The zero-order valence-electron chi connectivity index (χ0n) is 11.0. The van der Waals surface area contributed by atoms with Gasteiger partial charge in [0, 0.05) is 10.9 Å². The quantitative estimate of drug-likeness (QED) is 0.511. The second-order valence-corrected chi connectivity index (χ2v) is 5.57. The maximum absolute atomic E-state index is 11.1. The first-order valence-corrected chi connectivity index (χ1v) is 7.48. The molecule has 1 N–H and O–H groups in total. The highest BCUT2D eigenvalue weighted by molar-refractivity contribution is 7.13. The normalized spacial score (nSPS) is 10.8. The minimum absolute atomic E-state index is 0.134. The van der Waals surface area contributed by atoms with E-state index < -0.39 is 0 Å². The molecule has 0 bridgehead atoms. The molecule has 0 saturated carbocycles. The van der Waals surface area contributed by atoms with Gasteiger partial charge in [0.2, 0.25) is 5.13 Å². The van der Waals surface area contributed by atoms with Crippen LogP contribution >= 0.6 is 34.5 Å². The molecule has 0 fully saturated rings. The Morgan fingerprint density at radius 1 is 1.48 bits per heavy atom. The lowest BCUT2D eigenvalue weighted by Crippen LogP contribution is -2.04. The summed E-state index contributed by atoms with van der Waals surface area (Å²) in [5.74, 6) is -0.335. The third-order valence-corrected chi connectivity index (χ3v) is 3.91. The third kappa shape index (κ3) is 4.42. The lowest BCUT2D eigenvalue weighted by molar-refractivity contribution is -0.139. The molecule has 0 aliphatic rings. The number of aromatic nitrogens is 1. The molecule has 0 amide bonds. The van der Waals surface area contributed by atoms with Gasteiger partial charge in [-0.15, -0.1) is 11.3 Å². The van der Waals surface area contributed by atoms with Crippen LogP contribution in [0.4, 0.5) is 5.13 Å². The van der Waals surface area contributed by atoms with E-state index in [1.54, 1.807) is 23.6 Å². The first-order chi connectivity index (χ1) is 10.1. The van der Waals surface area contributed by atoms with Crippen LogP contribution in [0.2, 0.25) is 10.0 Å². The van der Waals surface area contributed by atoms with Gasteiger partial charge in [0.05, 0.1) is 35.5 Å². The molecule has 2 rings (SSSR count). The number of ether oxygens (including phenoxy) is 1. The van der Waals surface area contributed by atoms with E-state index in [0.717, 1.165) is 0 Å². The highest BCUT2D eigenvalue weighted by atomic mass is 35.5. The van der Waals surface area contributed by atoms with Crippen molar-refractivity contribution in [2.75, 3.05) is 12.5 Å². The van der Waals surface area contributed by atoms with Crippen LogP contribution in [-0.4, -0.2) is 24.3 Å². The Balaban J connectivity index is 2.00. The maximum atomic E-state index is 11.1. The van der Waals surface area contributed by atoms with Gasteiger partial charge in [-0.3, -0.25) is 10.2 Å². The fourth-order valence-electron chi connectivity index (χ4n) is 1.45. The summed E-state index contributed by atoms with van der Waals surface area (Å²) in [6.45, 7) is 0. The summed E-state index contributed by atoms with van der Waals surface area (Å²) in [7, 11) is 1.34. The predicted molar refractivity (Wildman–Crippen MR) is 85.5 cm³/mol. The van der Waals surface area contributed by atoms with Crippen LogP contribution in [0.5, 0.6) is 0 Å². The van der Waals surface area contributed by atoms with Crippen molar-refractivity contribution in [3.05, 3.63) is 44.9 Å². The van der Waals surface area contributed by atoms with Gasteiger partial charge < -0.3 is 4.74 Å². The number of thiazole rings is 1. The van der Waals surface area contributed by atoms with Crippen molar-refractivity contribution in [1.29, 1.82) is 0 Å². The Kier molecular flexibility index (Phi) is 5.55. The van der Waals surface area contributed by atoms with E-state index in [4.69, 9.17) is 23.2 Å². The second-order valence-electron chi connectivity index (χ2n) is 3.90. The lowest BCUT2D eigenvalue weighted by Gasteiger charge is -2.00. The summed E-state index contributed by atoms with van der Waals surface area (Å²) in [4.78, 5) is 15.3. The number of carbonyl (C=O) groups excluding carboxylic acids is 1. The number of hydrazone groups is 1. The topological polar surface area (TPSA) is 63.6 Å². The summed E-state index contributed by atoms with van der Waals surface area (Å²) < 4.78 is 4.58. The number of benzene rings is 1. The molecule has 2 aromatic rings. The molecule has 0 unspecified atom stereocenters. The zero-order chi connectivity index (χ0) is 15.2. The molecule has 21 heavy (non-hydrogen) atoms. The molecular formula is C13H11Cl2N3O2S. The first-order valence-electron chi connectivity index (χ1n) is 5.84. The van der Waals surface area contributed by atoms with Crippen LogP contribution < -0.4 is 5.43 Å². The number of hydrogen-bond acceptors (Lipinski definition) is 6. The molecule has 8 heteroatoms. The number of halogens is 2. The van der Waals surface area contributed by atoms with Crippen molar-refractivity contribution in [2.24, 2.45) is 5.10 Å². The Bertz CT molecular complexity index is 653. The molecule has 110 valence electrons. The van der Waals surface area contributed by atoms with Crippen molar-refractivity contribution in [3.63, 3.8) is 0 Å². The smallest absolute Gasteiger partial charge is 0.311 e. The van der Waals surface area contributed by atoms with Gasteiger partial charge in [-0.2, -0.15) is 5.10 Å². The molecule has 1 heterocycles. The van der Waals surface area contributed by atoms with E-state index in [1.165, 1.54) is 24.7 Å². The van der Waals surface area contributed by atoms with E-state index in [2.05, 4.69) is 20.2 Å².